The summed E-state index contributed by atoms with van der Waals surface area (Å²) in [6, 6.07) is 6.51. The van der Waals surface area contributed by atoms with E-state index < -0.39 is 70.3 Å². The van der Waals surface area contributed by atoms with Gasteiger partial charge < -0.3 is 20.7 Å². The van der Waals surface area contributed by atoms with Crippen LogP contribution in [0.4, 0.5) is 14.5 Å². The molecule has 1 aromatic rings. The van der Waals surface area contributed by atoms with Gasteiger partial charge in [-0.25, -0.2) is 8.78 Å². The van der Waals surface area contributed by atoms with Crippen molar-refractivity contribution in [2.24, 2.45) is 28.6 Å². The van der Waals surface area contributed by atoms with Crippen molar-refractivity contribution in [1.29, 1.82) is 0 Å². The summed E-state index contributed by atoms with van der Waals surface area (Å²) in [5.74, 6) is -2.62. The van der Waals surface area contributed by atoms with Crippen LogP contribution in [0, 0.1) is 28.6 Å². The summed E-state index contributed by atoms with van der Waals surface area (Å²) in [5.41, 5.74) is -0.568. The summed E-state index contributed by atoms with van der Waals surface area (Å²) in [5, 5.41) is 23.3. The third kappa shape index (κ3) is 3.06. The molecule has 0 unspecified atom stereocenters. The molecule has 36 heavy (non-hydrogen) atoms. The molecule has 6 nitrogen and oxygen atoms in total. The van der Waals surface area contributed by atoms with Crippen LogP contribution >= 0.6 is 0 Å². The van der Waals surface area contributed by atoms with E-state index in [-0.39, 0.29) is 18.4 Å². The number of benzene rings is 1. The van der Waals surface area contributed by atoms with Gasteiger partial charge in [0.05, 0.1) is 6.10 Å². The first-order valence-corrected chi connectivity index (χ1v) is 12.5. The Morgan fingerprint density at radius 1 is 1.19 bits per heavy atom. The number of halogens is 2. The van der Waals surface area contributed by atoms with Gasteiger partial charge in [-0.2, -0.15) is 0 Å². The summed E-state index contributed by atoms with van der Waals surface area (Å²) in [7, 11) is 0. The molecule has 0 aliphatic heterocycles. The number of ether oxygens (including phenoxy) is 1. The van der Waals surface area contributed by atoms with Crippen molar-refractivity contribution in [2.75, 3.05) is 12.3 Å². The van der Waals surface area contributed by atoms with Crippen LogP contribution in [-0.2, 0) is 9.59 Å². The Kier molecular flexibility index (Phi) is 5.54. The highest BCUT2D eigenvalue weighted by atomic mass is 19.1. The lowest BCUT2D eigenvalue weighted by atomic mass is 9.44. The van der Waals surface area contributed by atoms with Crippen molar-refractivity contribution < 1.29 is 33.3 Å². The topological polar surface area (TPSA) is 110 Å². The van der Waals surface area contributed by atoms with Crippen LogP contribution in [0.2, 0.25) is 0 Å². The molecule has 4 aliphatic carbocycles. The Bertz CT molecular complexity index is 1170. The van der Waals surface area contributed by atoms with Gasteiger partial charge >= 0.3 is 0 Å². The Morgan fingerprint density at radius 3 is 2.53 bits per heavy atom. The van der Waals surface area contributed by atoms with E-state index in [1.54, 1.807) is 38.1 Å². The maximum absolute atomic E-state index is 17.2. The lowest BCUT2D eigenvalue weighted by molar-refractivity contribution is -0.223. The van der Waals surface area contributed by atoms with E-state index in [4.69, 9.17) is 10.5 Å². The molecule has 8 heteroatoms. The highest BCUT2D eigenvalue weighted by Gasteiger charge is 2.76. The van der Waals surface area contributed by atoms with E-state index in [9.17, 15) is 19.8 Å². The monoisotopic (exact) mass is 501 g/mol. The molecule has 0 radical (unpaired) electrons. The summed E-state index contributed by atoms with van der Waals surface area (Å²) >= 11 is 0. The number of aliphatic hydroxyl groups is 2. The van der Waals surface area contributed by atoms with Crippen LogP contribution in [0.25, 0.3) is 0 Å². The molecule has 0 spiro atoms. The van der Waals surface area contributed by atoms with Gasteiger partial charge in [-0.05, 0) is 80.0 Å². The number of carbonyl (C=O) groups excluding carboxylic acids is 2. The number of fused-ring (bicyclic) bond motifs is 5. The average molecular weight is 502 g/mol. The zero-order valence-corrected chi connectivity index (χ0v) is 20.7. The Hall–Kier alpha value is -2.58. The van der Waals surface area contributed by atoms with Gasteiger partial charge in [-0.3, -0.25) is 9.59 Å². The molecule has 0 amide bonds. The second-order valence-corrected chi connectivity index (χ2v) is 11.5. The zero-order valence-electron chi connectivity index (χ0n) is 20.7. The van der Waals surface area contributed by atoms with E-state index in [1.807, 2.05) is 0 Å². The van der Waals surface area contributed by atoms with Crippen LogP contribution < -0.4 is 10.5 Å². The second-order valence-electron chi connectivity index (χ2n) is 11.5. The molecular formula is C28H33F2NO5. The van der Waals surface area contributed by atoms with E-state index in [1.165, 1.54) is 19.1 Å². The normalized spacial score (nSPS) is 45.4. The van der Waals surface area contributed by atoms with Crippen molar-refractivity contribution in [3.63, 3.8) is 0 Å². The minimum absolute atomic E-state index is 0.0469. The highest BCUT2D eigenvalue weighted by molar-refractivity contribution is 6.01. The quantitative estimate of drug-likeness (QED) is 0.545. The first-order valence-electron chi connectivity index (χ1n) is 12.5. The molecule has 194 valence electrons. The molecule has 1 aromatic carbocycles. The predicted molar refractivity (Wildman–Crippen MR) is 129 cm³/mol. The van der Waals surface area contributed by atoms with Gasteiger partial charge in [0.2, 0.25) is 5.78 Å². The summed E-state index contributed by atoms with van der Waals surface area (Å²) in [6.45, 7) is 4.56. The lowest BCUT2D eigenvalue weighted by Gasteiger charge is -2.63. The maximum Gasteiger partial charge on any atom is 0.202 e. The number of hydrogen-bond acceptors (Lipinski definition) is 6. The average Bonchev–Trinajstić information content (AvgIpc) is 3.03. The van der Waals surface area contributed by atoms with E-state index in [0.717, 1.165) is 6.08 Å². The summed E-state index contributed by atoms with van der Waals surface area (Å²) in [4.78, 5) is 25.5. The fourth-order valence-corrected chi connectivity index (χ4v) is 7.96. The minimum atomic E-state index is -2.25. The minimum Gasteiger partial charge on any atom is -0.486 e. The van der Waals surface area contributed by atoms with Crippen LogP contribution in [0.5, 0.6) is 5.75 Å². The van der Waals surface area contributed by atoms with Crippen LogP contribution in [0.3, 0.4) is 0 Å². The molecule has 0 heterocycles. The molecule has 9 atom stereocenters. The summed E-state index contributed by atoms with van der Waals surface area (Å²) < 4.78 is 38.3. The third-order valence-corrected chi connectivity index (χ3v) is 9.89. The summed E-state index contributed by atoms with van der Waals surface area (Å²) in [6.07, 6.45) is 0.502. The van der Waals surface area contributed by atoms with Gasteiger partial charge in [0.1, 0.15) is 24.1 Å². The molecule has 3 fully saturated rings. The largest absolute Gasteiger partial charge is 0.486 e. The number of carbonyl (C=O) groups is 2. The fourth-order valence-electron chi connectivity index (χ4n) is 7.96. The number of anilines is 1. The Labute approximate surface area is 209 Å². The zero-order chi connectivity index (χ0) is 26.3. The smallest absolute Gasteiger partial charge is 0.202 e. The first kappa shape index (κ1) is 25.1. The number of aliphatic hydroxyl groups excluding tert-OH is 1. The van der Waals surface area contributed by atoms with Gasteiger partial charge in [-0.15, -0.1) is 0 Å². The van der Waals surface area contributed by atoms with Crippen molar-refractivity contribution in [3.8, 4) is 5.75 Å². The Balaban J connectivity index is 1.49. The lowest BCUT2D eigenvalue weighted by Crippen LogP contribution is -2.70. The van der Waals surface area contributed by atoms with Crippen LogP contribution in [0.1, 0.15) is 40.0 Å². The number of nitrogens with two attached hydrogens (primary N) is 1. The maximum atomic E-state index is 17.2. The SMILES string of the molecule is C[C@@H]1C[C@H]2[C@@H]3C[C@H](F)C4=CC(=O)C=C[C@]4(C)[C@@]3(F)[C@@H](O)C[C@]2(C)[C@@]1(O)C(=O)COc1ccc(N)cc1. The van der Waals surface area contributed by atoms with Crippen molar-refractivity contribution in [3.05, 3.63) is 48.1 Å². The Morgan fingerprint density at radius 2 is 1.86 bits per heavy atom. The highest BCUT2D eigenvalue weighted by Crippen LogP contribution is 2.70. The number of allylic oxidation sites excluding steroid dienone is 4. The molecule has 5 rings (SSSR count). The molecular weight excluding hydrogens is 468 g/mol. The van der Waals surface area contributed by atoms with Crippen molar-refractivity contribution in [1.82, 2.24) is 0 Å². The standard InChI is InChI=1S/C28H33F2NO5/c1-15-10-19-20-12-22(29)21-11-17(32)8-9-25(21,2)27(20,30)23(33)13-26(19,3)28(15,35)24(34)14-36-18-6-4-16(31)5-7-18/h4-9,11,15,19-20,22-23,33,35H,10,12-14,31H2,1-3H3/t15-,19+,20+,22+,23+,25+,26+,27+,28+/m1/s1. The van der Waals surface area contributed by atoms with Gasteiger partial charge in [0.25, 0.3) is 0 Å². The predicted octanol–water partition coefficient (Wildman–Crippen LogP) is 3.51. The second kappa shape index (κ2) is 7.96. The number of ketones is 2. The number of hydrogen-bond donors (Lipinski definition) is 3. The van der Waals surface area contributed by atoms with Crippen LogP contribution in [-0.4, -0.2) is 51.9 Å². The first-order chi connectivity index (χ1) is 16.8. The van der Waals surface area contributed by atoms with Gasteiger partial charge in [-0.1, -0.05) is 19.9 Å². The molecule has 0 aromatic heterocycles. The van der Waals surface area contributed by atoms with E-state index in [2.05, 4.69) is 0 Å². The van der Waals surface area contributed by atoms with Gasteiger partial charge in [0, 0.05) is 22.4 Å². The van der Waals surface area contributed by atoms with Gasteiger partial charge in [0.15, 0.2) is 11.5 Å². The fraction of sp³-hybridized carbons (Fsp3) is 0.571. The number of nitrogen functional groups attached to an aromatic ring is 1. The van der Waals surface area contributed by atoms with Crippen molar-refractivity contribution in [2.45, 2.75) is 63.6 Å². The molecule has 0 saturated heterocycles. The van der Waals surface area contributed by atoms with Crippen molar-refractivity contribution >= 4 is 17.3 Å². The molecule has 4 aliphatic rings. The van der Waals surface area contributed by atoms with E-state index >= 15 is 8.78 Å². The number of alkyl halides is 2. The van der Waals surface area contributed by atoms with E-state index in [0.29, 0.717) is 17.9 Å². The molecule has 3 saturated carbocycles. The molecule has 0 bridgehead atoms. The molecule has 4 N–H and O–H groups in total. The number of Topliss-reactive ketones (excluding diaryl/α,β-unsaturated/α-hetero) is 1. The third-order valence-electron chi connectivity index (χ3n) is 9.89. The number of rotatable bonds is 4. The van der Waals surface area contributed by atoms with Crippen LogP contribution in [0.15, 0.2) is 48.1 Å².